The summed E-state index contributed by atoms with van der Waals surface area (Å²) in [5.74, 6) is 2.79. The molecule has 0 radical (unpaired) electrons. The molecule has 3 aromatic rings. The molecule has 1 amide bonds. The topological polar surface area (TPSA) is 94.1 Å². The predicted octanol–water partition coefficient (Wildman–Crippen LogP) is 3.53. The normalized spacial score (nSPS) is 14.6. The highest BCUT2D eigenvalue weighted by Gasteiger charge is 2.20. The van der Waals surface area contributed by atoms with Crippen LogP contribution in [0.15, 0.2) is 39.4 Å². The third kappa shape index (κ3) is 5.66. The van der Waals surface area contributed by atoms with Crippen molar-refractivity contribution in [2.24, 2.45) is 0 Å². The number of piperazine rings is 1. The molecular weight excluding hydrogens is 436 g/mol. The van der Waals surface area contributed by atoms with Crippen molar-refractivity contribution in [3.63, 3.8) is 0 Å². The van der Waals surface area contributed by atoms with Gasteiger partial charge >= 0.3 is 0 Å². The molecule has 0 atom stereocenters. The zero-order chi connectivity index (χ0) is 24.1. The summed E-state index contributed by atoms with van der Waals surface area (Å²) in [6.07, 6.45) is 3.40. The second kappa shape index (κ2) is 10.6. The van der Waals surface area contributed by atoms with E-state index >= 15 is 0 Å². The Bertz CT molecular complexity index is 1140. The molecule has 34 heavy (non-hydrogen) atoms. The molecule has 0 aliphatic carbocycles. The Morgan fingerprint density at radius 1 is 1.06 bits per heavy atom. The first-order valence-corrected chi connectivity index (χ1v) is 11.3. The van der Waals surface area contributed by atoms with E-state index in [1.165, 1.54) is 0 Å². The van der Waals surface area contributed by atoms with Crippen LogP contribution in [0.3, 0.4) is 0 Å². The molecule has 4 rings (SSSR count). The van der Waals surface area contributed by atoms with Gasteiger partial charge in [0, 0.05) is 38.3 Å². The number of carbonyl (C=O) groups is 1. The van der Waals surface area contributed by atoms with Crippen LogP contribution in [-0.2, 0) is 17.9 Å². The zero-order valence-electron chi connectivity index (χ0n) is 20.0. The van der Waals surface area contributed by atoms with E-state index in [0.717, 1.165) is 47.1 Å². The average Bonchev–Trinajstić information content (AvgIpc) is 3.40. The lowest BCUT2D eigenvalue weighted by molar-refractivity contribution is -0.127. The molecule has 1 aromatic carbocycles. The van der Waals surface area contributed by atoms with Crippen LogP contribution >= 0.6 is 0 Å². The molecule has 0 N–H and O–H groups in total. The van der Waals surface area contributed by atoms with Gasteiger partial charge < -0.3 is 23.4 Å². The molecule has 1 fully saturated rings. The largest absolute Gasteiger partial charge is 0.493 e. The van der Waals surface area contributed by atoms with Crippen molar-refractivity contribution >= 4 is 12.0 Å². The van der Waals surface area contributed by atoms with E-state index in [9.17, 15) is 4.79 Å². The number of ether oxygens (including phenoxy) is 2. The molecule has 3 heterocycles. The second-order valence-corrected chi connectivity index (χ2v) is 8.37. The van der Waals surface area contributed by atoms with Crippen molar-refractivity contribution in [1.29, 1.82) is 0 Å². The van der Waals surface area contributed by atoms with Crippen LogP contribution in [0.1, 0.15) is 34.0 Å². The highest BCUT2D eigenvalue weighted by atomic mass is 16.5. The van der Waals surface area contributed by atoms with Crippen molar-refractivity contribution < 1.29 is 23.3 Å². The summed E-state index contributed by atoms with van der Waals surface area (Å²) < 4.78 is 21.9. The van der Waals surface area contributed by atoms with Gasteiger partial charge in [0.25, 0.3) is 0 Å². The average molecular weight is 467 g/mol. The fourth-order valence-electron chi connectivity index (χ4n) is 3.88. The van der Waals surface area contributed by atoms with E-state index in [1.54, 1.807) is 19.3 Å². The lowest BCUT2D eigenvalue weighted by Gasteiger charge is -2.33. The first-order valence-electron chi connectivity index (χ1n) is 11.3. The molecule has 2 aromatic heterocycles. The summed E-state index contributed by atoms with van der Waals surface area (Å²) >= 11 is 0. The van der Waals surface area contributed by atoms with Crippen LogP contribution < -0.4 is 9.47 Å². The summed E-state index contributed by atoms with van der Waals surface area (Å²) in [4.78, 5) is 16.8. The highest BCUT2D eigenvalue weighted by Crippen LogP contribution is 2.30. The van der Waals surface area contributed by atoms with E-state index < -0.39 is 0 Å². The van der Waals surface area contributed by atoms with E-state index in [0.29, 0.717) is 37.7 Å². The minimum absolute atomic E-state index is 0.00661. The lowest BCUT2D eigenvalue weighted by Crippen LogP contribution is -2.47. The van der Waals surface area contributed by atoms with Crippen LogP contribution in [0.5, 0.6) is 11.5 Å². The van der Waals surface area contributed by atoms with E-state index in [4.69, 9.17) is 18.5 Å². The summed E-state index contributed by atoms with van der Waals surface area (Å²) in [7, 11) is 1.59. The fourth-order valence-corrected chi connectivity index (χ4v) is 3.88. The van der Waals surface area contributed by atoms with Gasteiger partial charge in [-0.3, -0.25) is 9.69 Å². The molecular formula is C25H30N4O5. The summed E-state index contributed by atoms with van der Waals surface area (Å²) in [5.41, 5.74) is 3.47. The molecule has 0 bridgehead atoms. The Labute approximate surface area is 198 Å². The van der Waals surface area contributed by atoms with Crippen molar-refractivity contribution in [2.45, 2.75) is 33.9 Å². The van der Waals surface area contributed by atoms with Gasteiger partial charge in [0.2, 0.25) is 5.91 Å². The smallest absolute Gasteiger partial charge is 0.246 e. The van der Waals surface area contributed by atoms with Crippen molar-refractivity contribution in [3.05, 3.63) is 64.4 Å². The highest BCUT2D eigenvalue weighted by molar-refractivity contribution is 5.92. The molecule has 1 aliphatic heterocycles. The summed E-state index contributed by atoms with van der Waals surface area (Å²) in [6.45, 7) is 9.65. The molecule has 0 spiro atoms. The van der Waals surface area contributed by atoms with Crippen LogP contribution in [0.25, 0.3) is 6.08 Å². The van der Waals surface area contributed by atoms with E-state index in [1.807, 2.05) is 49.9 Å². The minimum Gasteiger partial charge on any atom is -0.493 e. The quantitative estimate of drug-likeness (QED) is 0.466. The standard InChI is InChI=1S/C25H30N4O5/c1-17-13-21(34-26-17)15-28-9-11-29(12-10-28)25(30)8-6-20-5-7-23(24(14-20)31-4)32-16-22-18(2)27-33-19(22)3/h5-8,13-14H,9-12,15-16H2,1-4H3/b8-6+. The Kier molecular flexibility index (Phi) is 7.32. The second-order valence-electron chi connectivity index (χ2n) is 8.37. The van der Waals surface area contributed by atoms with Crippen molar-refractivity contribution in [1.82, 2.24) is 20.1 Å². The minimum atomic E-state index is -0.00661. The Hall–Kier alpha value is -3.59. The lowest BCUT2D eigenvalue weighted by atomic mass is 10.1. The van der Waals surface area contributed by atoms with E-state index in [-0.39, 0.29) is 5.91 Å². The van der Waals surface area contributed by atoms with Gasteiger partial charge in [-0.15, -0.1) is 0 Å². The maximum absolute atomic E-state index is 12.7. The van der Waals surface area contributed by atoms with Gasteiger partial charge in [-0.2, -0.15) is 0 Å². The monoisotopic (exact) mass is 466 g/mol. The van der Waals surface area contributed by atoms with Gasteiger partial charge in [-0.05, 0) is 44.5 Å². The predicted molar refractivity (Wildman–Crippen MR) is 125 cm³/mol. The number of hydrogen-bond acceptors (Lipinski definition) is 8. The number of hydrogen-bond donors (Lipinski definition) is 0. The number of methoxy groups -OCH3 is 1. The van der Waals surface area contributed by atoms with Crippen molar-refractivity contribution in [2.75, 3.05) is 33.3 Å². The van der Waals surface area contributed by atoms with Gasteiger partial charge in [-0.25, -0.2) is 0 Å². The third-order valence-electron chi connectivity index (χ3n) is 5.90. The molecule has 0 saturated carbocycles. The van der Waals surface area contributed by atoms with Gasteiger partial charge in [0.1, 0.15) is 12.4 Å². The Morgan fingerprint density at radius 3 is 2.50 bits per heavy atom. The maximum Gasteiger partial charge on any atom is 0.246 e. The zero-order valence-corrected chi connectivity index (χ0v) is 20.0. The first kappa shape index (κ1) is 23.6. The Balaban J connectivity index is 1.31. The molecule has 1 saturated heterocycles. The van der Waals surface area contributed by atoms with Gasteiger partial charge in [0.05, 0.1) is 30.6 Å². The summed E-state index contributed by atoms with van der Waals surface area (Å²) in [5, 5.41) is 7.87. The maximum atomic E-state index is 12.7. The van der Waals surface area contributed by atoms with E-state index in [2.05, 4.69) is 15.2 Å². The number of aromatic nitrogens is 2. The SMILES string of the molecule is COc1cc(/C=C/C(=O)N2CCN(Cc3cc(C)no3)CC2)ccc1OCc1c(C)noc1C. The molecule has 1 aliphatic rings. The van der Waals surface area contributed by atoms with Crippen LogP contribution in [-0.4, -0.2) is 59.3 Å². The molecule has 180 valence electrons. The van der Waals surface area contributed by atoms with Gasteiger partial charge in [0.15, 0.2) is 17.3 Å². The van der Waals surface area contributed by atoms with Gasteiger partial charge in [-0.1, -0.05) is 16.4 Å². The third-order valence-corrected chi connectivity index (χ3v) is 5.90. The number of nitrogens with zero attached hydrogens (tertiary/aromatic N) is 4. The van der Waals surface area contributed by atoms with Crippen LogP contribution in [0.4, 0.5) is 0 Å². The first-order chi connectivity index (χ1) is 16.4. The molecule has 0 unspecified atom stereocenters. The number of aryl methyl sites for hydroxylation is 3. The summed E-state index contributed by atoms with van der Waals surface area (Å²) in [6, 6.07) is 7.53. The van der Waals surface area contributed by atoms with Crippen molar-refractivity contribution in [3.8, 4) is 11.5 Å². The number of rotatable bonds is 8. The number of benzene rings is 1. The number of amides is 1. The molecule has 9 heteroatoms. The number of carbonyl (C=O) groups excluding carboxylic acids is 1. The molecule has 9 nitrogen and oxygen atoms in total. The van der Waals surface area contributed by atoms with Crippen LogP contribution in [0.2, 0.25) is 0 Å². The Morgan fingerprint density at radius 2 is 1.85 bits per heavy atom. The van der Waals surface area contributed by atoms with Crippen LogP contribution in [0, 0.1) is 20.8 Å². The fraction of sp³-hybridized carbons (Fsp3) is 0.400.